The molecule has 0 bridgehead atoms. The molecule has 0 saturated heterocycles. The third-order valence-corrected chi connectivity index (χ3v) is 3.71. The molecule has 2 rings (SSSR count). The van der Waals surface area contributed by atoms with Crippen LogP contribution < -0.4 is 5.32 Å². The molecule has 0 heterocycles. The summed E-state index contributed by atoms with van der Waals surface area (Å²) >= 11 is 5.86. The SMILES string of the molecule is CCOC(=O)c1ccc(NC(=O)CN(C)Cc2ccc(Cl)cc2)cc1. The van der Waals surface area contributed by atoms with Gasteiger partial charge in [-0.3, -0.25) is 9.69 Å². The zero-order valence-electron chi connectivity index (χ0n) is 14.3. The van der Waals surface area contributed by atoms with Gasteiger partial charge >= 0.3 is 5.97 Å². The maximum Gasteiger partial charge on any atom is 0.338 e. The smallest absolute Gasteiger partial charge is 0.338 e. The van der Waals surface area contributed by atoms with Gasteiger partial charge in [0.25, 0.3) is 0 Å². The number of anilines is 1. The third kappa shape index (κ3) is 6.21. The van der Waals surface area contributed by atoms with E-state index in [1.807, 2.05) is 36.2 Å². The normalized spacial score (nSPS) is 10.6. The van der Waals surface area contributed by atoms with E-state index in [0.717, 1.165) is 5.56 Å². The maximum atomic E-state index is 12.1. The Balaban J connectivity index is 1.84. The minimum Gasteiger partial charge on any atom is -0.462 e. The molecule has 25 heavy (non-hydrogen) atoms. The zero-order valence-corrected chi connectivity index (χ0v) is 15.0. The van der Waals surface area contributed by atoms with Gasteiger partial charge in [-0.05, 0) is 55.9 Å². The number of ether oxygens (including phenoxy) is 1. The number of halogens is 1. The number of amides is 1. The predicted octanol–water partition coefficient (Wildman–Crippen LogP) is 3.59. The Morgan fingerprint density at radius 2 is 1.72 bits per heavy atom. The topological polar surface area (TPSA) is 58.6 Å². The molecule has 0 aliphatic heterocycles. The Hall–Kier alpha value is -2.37. The van der Waals surface area contributed by atoms with Gasteiger partial charge in [-0.2, -0.15) is 0 Å². The van der Waals surface area contributed by atoms with Crippen LogP contribution in [0.5, 0.6) is 0 Å². The summed E-state index contributed by atoms with van der Waals surface area (Å²) in [5.41, 5.74) is 2.18. The van der Waals surface area contributed by atoms with Gasteiger partial charge in [-0.1, -0.05) is 23.7 Å². The predicted molar refractivity (Wildman–Crippen MR) is 98.8 cm³/mol. The molecular weight excluding hydrogens is 340 g/mol. The monoisotopic (exact) mass is 360 g/mol. The average molecular weight is 361 g/mol. The highest BCUT2D eigenvalue weighted by molar-refractivity contribution is 6.30. The first-order valence-corrected chi connectivity index (χ1v) is 8.35. The van der Waals surface area contributed by atoms with Gasteiger partial charge in [-0.25, -0.2) is 4.79 Å². The Labute approximate surface area is 152 Å². The molecule has 1 N–H and O–H groups in total. The molecule has 5 nitrogen and oxygen atoms in total. The Kier molecular flexibility index (Phi) is 6.98. The van der Waals surface area contributed by atoms with Crippen molar-refractivity contribution in [2.24, 2.45) is 0 Å². The van der Waals surface area contributed by atoms with Crippen LogP contribution in [0.2, 0.25) is 5.02 Å². The van der Waals surface area contributed by atoms with Gasteiger partial charge in [-0.15, -0.1) is 0 Å². The van der Waals surface area contributed by atoms with Gasteiger partial charge in [0.05, 0.1) is 18.7 Å². The number of nitrogens with one attached hydrogen (secondary N) is 1. The molecule has 0 unspecified atom stereocenters. The summed E-state index contributed by atoms with van der Waals surface area (Å²) in [6.45, 7) is 2.99. The lowest BCUT2D eigenvalue weighted by Crippen LogP contribution is -2.29. The number of nitrogens with zero attached hydrogens (tertiary/aromatic N) is 1. The van der Waals surface area contributed by atoms with E-state index in [4.69, 9.17) is 16.3 Å². The van der Waals surface area contributed by atoms with Crippen LogP contribution in [-0.2, 0) is 16.1 Å². The van der Waals surface area contributed by atoms with Crippen molar-refractivity contribution in [2.75, 3.05) is 25.5 Å². The van der Waals surface area contributed by atoms with Crippen molar-refractivity contribution < 1.29 is 14.3 Å². The number of hydrogen-bond donors (Lipinski definition) is 1. The summed E-state index contributed by atoms with van der Waals surface area (Å²) in [4.78, 5) is 25.6. The summed E-state index contributed by atoms with van der Waals surface area (Å²) in [6.07, 6.45) is 0. The summed E-state index contributed by atoms with van der Waals surface area (Å²) in [6, 6.07) is 14.2. The fourth-order valence-corrected chi connectivity index (χ4v) is 2.43. The quantitative estimate of drug-likeness (QED) is 0.766. The summed E-state index contributed by atoms with van der Waals surface area (Å²) in [5.74, 6) is -0.497. The fraction of sp³-hybridized carbons (Fsp3) is 0.263. The highest BCUT2D eigenvalue weighted by Crippen LogP contribution is 2.12. The van der Waals surface area contributed by atoms with Crippen molar-refractivity contribution in [3.63, 3.8) is 0 Å². The summed E-state index contributed by atoms with van der Waals surface area (Å²) < 4.78 is 4.92. The molecule has 0 aromatic heterocycles. The number of carbonyl (C=O) groups is 2. The molecule has 0 aliphatic rings. The minimum absolute atomic E-state index is 0.125. The standard InChI is InChI=1S/C19H21ClN2O3/c1-3-25-19(24)15-6-10-17(11-7-15)21-18(23)13-22(2)12-14-4-8-16(20)9-5-14/h4-11H,3,12-13H2,1-2H3,(H,21,23). The average Bonchev–Trinajstić information content (AvgIpc) is 2.57. The highest BCUT2D eigenvalue weighted by Gasteiger charge is 2.09. The Morgan fingerprint density at radius 3 is 2.32 bits per heavy atom. The second-order valence-electron chi connectivity index (χ2n) is 5.64. The first kappa shape index (κ1) is 19.0. The summed E-state index contributed by atoms with van der Waals surface area (Å²) in [5, 5.41) is 3.50. The van der Waals surface area contributed by atoms with Crippen molar-refractivity contribution in [1.29, 1.82) is 0 Å². The van der Waals surface area contributed by atoms with Crippen molar-refractivity contribution in [1.82, 2.24) is 4.90 Å². The molecule has 132 valence electrons. The molecule has 0 atom stereocenters. The van der Waals surface area contributed by atoms with Crippen molar-refractivity contribution >= 4 is 29.2 Å². The number of carbonyl (C=O) groups excluding carboxylic acids is 2. The van der Waals surface area contributed by atoms with Crippen molar-refractivity contribution in [2.45, 2.75) is 13.5 Å². The number of likely N-dealkylation sites (N-methyl/N-ethyl adjacent to an activating group) is 1. The van der Waals surface area contributed by atoms with E-state index in [-0.39, 0.29) is 18.4 Å². The first-order valence-electron chi connectivity index (χ1n) is 7.98. The van der Waals surface area contributed by atoms with E-state index in [0.29, 0.717) is 29.4 Å². The third-order valence-electron chi connectivity index (χ3n) is 3.46. The first-order chi connectivity index (χ1) is 12.0. The Bertz CT molecular complexity index is 714. The molecule has 2 aromatic carbocycles. The van der Waals surface area contributed by atoms with E-state index >= 15 is 0 Å². The van der Waals surface area contributed by atoms with Crippen LogP contribution in [0.15, 0.2) is 48.5 Å². The number of esters is 1. The van der Waals surface area contributed by atoms with E-state index < -0.39 is 0 Å². The van der Waals surface area contributed by atoms with Crippen molar-refractivity contribution in [3.05, 3.63) is 64.7 Å². The number of hydrogen-bond acceptors (Lipinski definition) is 4. The molecule has 0 spiro atoms. The second-order valence-corrected chi connectivity index (χ2v) is 6.08. The molecule has 1 amide bonds. The van der Waals surface area contributed by atoms with E-state index in [1.165, 1.54) is 0 Å². The maximum absolute atomic E-state index is 12.1. The van der Waals surface area contributed by atoms with Gasteiger partial charge in [0.2, 0.25) is 5.91 Å². The molecule has 2 aromatic rings. The van der Waals surface area contributed by atoms with Gasteiger partial charge in [0.1, 0.15) is 0 Å². The van der Waals surface area contributed by atoms with Crippen LogP contribution in [0.3, 0.4) is 0 Å². The van der Waals surface area contributed by atoms with Gasteiger partial charge < -0.3 is 10.1 Å². The number of benzene rings is 2. The number of rotatable bonds is 7. The van der Waals surface area contributed by atoms with Crippen LogP contribution in [0.25, 0.3) is 0 Å². The Morgan fingerprint density at radius 1 is 1.08 bits per heavy atom. The van der Waals surface area contributed by atoms with Crippen LogP contribution >= 0.6 is 11.6 Å². The highest BCUT2D eigenvalue weighted by atomic mass is 35.5. The molecule has 0 aliphatic carbocycles. The van der Waals surface area contributed by atoms with Crippen LogP contribution in [0, 0.1) is 0 Å². The molecular formula is C19H21ClN2O3. The zero-order chi connectivity index (χ0) is 18.2. The van der Waals surface area contributed by atoms with Crippen LogP contribution in [-0.4, -0.2) is 37.0 Å². The van der Waals surface area contributed by atoms with Crippen LogP contribution in [0.4, 0.5) is 5.69 Å². The summed E-state index contributed by atoms with van der Waals surface area (Å²) in [7, 11) is 1.87. The minimum atomic E-state index is -0.372. The molecule has 6 heteroatoms. The van der Waals surface area contributed by atoms with Crippen LogP contribution in [0.1, 0.15) is 22.8 Å². The largest absolute Gasteiger partial charge is 0.462 e. The van der Waals surface area contributed by atoms with Crippen molar-refractivity contribution in [3.8, 4) is 0 Å². The van der Waals surface area contributed by atoms with Gasteiger partial charge in [0, 0.05) is 17.3 Å². The lowest BCUT2D eigenvalue weighted by molar-refractivity contribution is -0.117. The molecule has 0 saturated carbocycles. The second kappa shape index (κ2) is 9.20. The molecule has 0 fully saturated rings. The fourth-order valence-electron chi connectivity index (χ4n) is 2.31. The lowest BCUT2D eigenvalue weighted by Gasteiger charge is -2.16. The van der Waals surface area contributed by atoms with Gasteiger partial charge in [0.15, 0.2) is 0 Å². The van der Waals surface area contributed by atoms with E-state index in [2.05, 4.69) is 5.32 Å². The molecule has 0 radical (unpaired) electrons. The van der Waals surface area contributed by atoms with E-state index in [9.17, 15) is 9.59 Å². The lowest BCUT2D eigenvalue weighted by atomic mass is 10.2. The van der Waals surface area contributed by atoms with E-state index in [1.54, 1.807) is 31.2 Å².